The van der Waals surface area contributed by atoms with Crippen LogP contribution in [0.4, 0.5) is 0 Å². The summed E-state index contributed by atoms with van der Waals surface area (Å²) in [6.45, 7) is 5.14. The van der Waals surface area contributed by atoms with E-state index in [1.54, 1.807) is 0 Å². The van der Waals surface area contributed by atoms with Crippen LogP contribution in [0.5, 0.6) is 0 Å². The quantitative estimate of drug-likeness (QED) is 0.787. The van der Waals surface area contributed by atoms with Gasteiger partial charge in [0.05, 0.1) is 0 Å². The first-order chi connectivity index (χ1) is 11.4. The molecule has 2 aromatic rings. The summed E-state index contributed by atoms with van der Waals surface area (Å²) in [4.78, 5) is 2.49. The highest BCUT2D eigenvalue weighted by atomic mass is 15.5. The van der Waals surface area contributed by atoms with E-state index in [0.29, 0.717) is 0 Å². The van der Waals surface area contributed by atoms with E-state index >= 15 is 0 Å². The summed E-state index contributed by atoms with van der Waals surface area (Å²) in [6.07, 6.45) is 5.97. The van der Waals surface area contributed by atoms with Gasteiger partial charge in [0.2, 0.25) is 0 Å². The van der Waals surface area contributed by atoms with Crippen molar-refractivity contribution in [3.8, 4) is 0 Å². The molecule has 0 unspecified atom stereocenters. The Morgan fingerprint density at radius 2 is 1.48 bits per heavy atom. The molecule has 1 saturated heterocycles. The Labute approximate surface area is 138 Å². The van der Waals surface area contributed by atoms with Crippen molar-refractivity contribution < 1.29 is 0 Å². The van der Waals surface area contributed by atoms with Crippen molar-refractivity contribution in [2.75, 3.05) is 26.2 Å². The van der Waals surface area contributed by atoms with Gasteiger partial charge in [0.15, 0.2) is 0 Å². The first kappa shape index (κ1) is 15.5. The van der Waals surface area contributed by atoms with E-state index in [4.69, 9.17) is 0 Å². The maximum absolute atomic E-state index is 4.53. The number of nitrogens with zero attached hydrogens (tertiary/aromatic N) is 3. The topological polar surface area (TPSA) is 18.8 Å². The minimum absolute atomic E-state index is 0.989. The van der Waals surface area contributed by atoms with Gasteiger partial charge in [0, 0.05) is 38.9 Å². The van der Waals surface area contributed by atoms with Gasteiger partial charge in [-0.1, -0.05) is 66.7 Å². The first-order valence-corrected chi connectivity index (χ1v) is 8.17. The lowest BCUT2D eigenvalue weighted by molar-refractivity contribution is 0.131. The van der Waals surface area contributed by atoms with Gasteiger partial charge in [-0.2, -0.15) is 5.10 Å². The molecule has 118 valence electrons. The van der Waals surface area contributed by atoms with Crippen LogP contribution in [0.3, 0.4) is 0 Å². The van der Waals surface area contributed by atoms with E-state index in [-0.39, 0.29) is 0 Å². The number of allylic oxidation sites excluding steroid dienone is 1. The van der Waals surface area contributed by atoms with Gasteiger partial charge in [-0.25, -0.2) is 0 Å². The van der Waals surface area contributed by atoms with E-state index in [2.05, 4.69) is 63.6 Å². The van der Waals surface area contributed by atoms with E-state index in [1.807, 2.05) is 30.5 Å². The highest BCUT2D eigenvalue weighted by molar-refractivity contribution is 5.77. The molecule has 23 heavy (non-hydrogen) atoms. The van der Waals surface area contributed by atoms with Crippen molar-refractivity contribution in [1.29, 1.82) is 0 Å². The third-order valence-corrected chi connectivity index (χ3v) is 4.00. The Morgan fingerprint density at radius 3 is 2.17 bits per heavy atom. The summed E-state index contributed by atoms with van der Waals surface area (Å²) in [5, 5.41) is 6.68. The first-order valence-electron chi connectivity index (χ1n) is 8.17. The smallest absolute Gasteiger partial charge is 0.0488 e. The Hall–Kier alpha value is -2.39. The second kappa shape index (κ2) is 8.30. The van der Waals surface area contributed by atoms with E-state index in [1.165, 1.54) is 11.1 Å². The molecule has 3 rings (SSSR count). The molecule has 0 aliphatic carbocycles. The zero-order chi connectivity index (χ0) is 15.7. The third kappa shape index (κ3) is 5.08. The molecule has 3 nitrogen and oxygen atoms in total. The summed E-state index contributed by atoms with van der Waals surface area (Å²) in [5.74, 6) is 0. The van der Waals surface area contributed by atoms with E-state index < -0.39 is 0 Å². The average Bonchev–Trinajstić information content (AvgIpc) is 2.62. The SMILES string of the molecule is C(/C=C/c1ccccc1)=NN1CCN(Cc2ccccc2)CC1. The monoisotopic (exact) mass is 305 g/mol. The van der Waals surface area contributed by atoms with Crippen molar-refractivity contribution >= 4 is 12.3 Å². The molecule has 1 heterocycles. The van der Waals surface area contributed by atoms with Gasteiger partial charge in [0.25, 0.3) is 0 Å². The van der Waals surface area contributed by atoms with Crippen molar-refractivity contribution in [3.05, 3.63) is 77.9 Å². The minimum atomic E-state index is 0.989. The van der Waals surface area contributed by atoms with Crippen LogP contribution in [0.2, 0.25) is 0 Å². The summed E-state index contributed by atoms with van der Waals surface area (Å²) in [7, 11) is 0. The number of benzene rings is 2. The van der Waals surface area contributed by atoms with Crippen molar-refractivity contribution in [3.63, 3.8) is 0 Å². The van der Waals surface area contributed by atoms with Gasteiger partial charge >= 0.3 is 0 Å². The van der Waals surface area contributed by atoms with Crippen LogP contribution in [-0.4, -0.2) is 42.3 Å². The van der Waals surface area contributed by atoms with E-state index in [0.717, 1.165) is 32.7 Å². The summed E-state index contributed by atoms with van der Waals surface area (Å²) < 4.78 is 0. The second-order valence-corrected chi connectivity index (χ2v) is 5.75. The fourth-order valence-corrected chi connectivity index (χ4v) is 2.70. The van der Waals surface area contributed by atoms with Gasteiger partial charge in [-0.15, -0.1) is 0 Å². The molecule has 0 amide bonds. The lowest BCUT2D eigenvalue weighted by Crippen LogP contribution is -2.43. The molecular weight excluding hydrogens is 282 g/mol. The Morgan fingerprint density at radius 1 is 0.826 bits per heavy atom. The van der Waals surface area contributed by atoms with Crippen LogP contribution in [0.25, 0.3) is 6.08 Å². The normalized spacial score (nSPS) is 16.4. The molecular formula is C20H23N3. The van der Waals surface area contributed by atoms with Crippen molar-refractivity contribution in [2.45, 2.75) is 6.54 Å². The number of hydrazone groups is 1. The predicted molar refractivity (Wildman–Crippen MR) is 97.3 cm³/mol. The number of rotatable bonds is 5. The van der Waals surface area contributed by atoms with Gasteiger partial charge < -0.3 is 0 Å². The summed E-state index contributed by atoms with van der Waals surface area (Å²) >= 11 is 0. The molecule has 1 aliphatic heterocycles. The molecule has 2 aromatic carbocycles. The molecule has 0 aromatic heterocycles. The molecule has 1 fully saturated rings. The molecule has 0 saturated carbocycles. The van der Waals surface area contributed by atoms with E-state index in [9.17, 15) is 0 Å². The largest absolute Gasteiger partial charge is 0.295 e. The lowest BCUT2D eigenvalue weighted by atomic mass is 10.2. The Bertz CT molecular complexity index is 626. The highest BCUT2D eigenvalue weighted by Gasteiger charge is 2.14. The molecule has 0 N–H and O–H groups in total. The van der Waals surface area contributed by atoms with Crippen LogP contribution < -0.4 is 0 Å². The van der Waals surface area contributed by atoms with Crippen LogP contribution in [0.15, 0.2) is 71.8 Å². The summed E-state index contributed by atoms with van der Waals surface area (Å²) in [5.41, 5.74) is 2.59. The van der Waals surface area contributed by atoms with Crippen LogP contribution in [0, 0.1) is 0 Å². The maximum Gasteiger partial charge on any atom is 0.0488 e. The minimum Gasteiger partial charge on any atom is -0.295 e. The number of hydrogen-bond acceptors (Lipinski definition) is 3. The van der Waals surface area contributed by atoms with Crippen LogP contribution in [0.1, 0.15) is 11.1 Å². The number of piperazine rings is 1. The molecule has 1 aliphatic rings. The van der Waals surface area contributed by atoms with Gasteiger partial charge in [-0.05, 0) is 17.2 Å². The lowest BCUT2D eigenvalue weighted by Gasteiger charge is -2.32. The molecule has 0 bridgehead atoms. The maximum atomic E-state index is 4.53. The highest BCUT2D eigenvalue weighted by Crippen LogP contribution is 2.08. The average molecular weight is 305 g/mol. The summed E-state index contributed by atoms with van der Waals surface area (Å²) in [6, 6.07) is 21.0. The van der Waals surface area contributed by atoms with Gasteiger partial charge in [-0.3, -0.25) is 9.91 Å². The van der Waals surface area contributed by atoms with Crippen molar-refractivity contribution in [2.24, 2.45) is 5.10 Å². The molecule has 0 atom stereocenters. The molecule has 0 radical (unpaired) electrons. The standard InChI is InChI=1S/C20H23N3/c1-3-8-19(9-4-1)12-7-13-21-23-16-14-22(15-17-23)18-20-10-5-2-6-11-20/h1-13H,14-18H2/b12-7+,21-13?. The van der Waals surface area contributed by atoms with Gasteiger partial charge in [0.1, 0.15) is 0 Å². The zero-order valence-corrected chi connectivity index (χ0v) is 13.4. The Kier molecular flexibility index (Phi) is 5.59. The van der Waals surface area contributed by atoms with Crippen LogP contribution >= 0.6 is 0 Å². The zero-order valence-electron chi connectivity index (χ0n) is 13.4. The third-order valence-electron chi connectivity index (χ3n) is 4.00. The fourth-order valence-electron chi connectivity index (χ4n) is 2.70. The van der Waals surface area contributed by atoms with Crippen molar-refractivity contribution in [1.82, 2.24) is 9.91 Å². The fraction of sp³-hybridized carbons (Fsp3) is 0.250. The predicted octanol–water partition coefficient (Wildman–Crippen LogP) is 3.50. The Balaban J connectivity index is 1.42. The molecule has 3 heteroatoms. The number of hydrogen-bond donors (Lipinski definition) is 0. The van der Waals surface area contributed by atoms with Crippen LogP contribution in [-0.2, 0) is 6.54 Å². The second-order valence-electron chi connectivity index (χ2n) is 5.75. The molecule has 0 spiro atoms.